The van der Waals surface area contributed by atoms with Gasteiger partial charge in [0.05, 0.1) is 21.3 Å². The lowest BCUT2D eigenvalue weighted by atomic mass is 10.1. The number of rotatable bonds is 7. The van der Waals surface area contributed by atoms with Crippen LogP contribution in [0.4, 0.5) is 0 Å². The van der Waals surface area contributed by atoms with Gasteiger partial charge in [0.2, 0.25) is 0 Å². The lowest BCUT2D eigenvalue weighted by Crippen LogP contribution is -2.24. The Balaban J connectivity index is 1.49. The Labute approximate surface area is 209 Å². The van der Waals surface area contributed by atoms with E-state index >= 15 is 0 Å². The number of sulfone groups is 1. The van der Waals surface area contributed by atoms with Crippen LogP contribution in [-0.2, 0) is 19.9 Å². The molecule has 0 unspecified atom stereocenters. The van der Waals surface area contributed by atoms with E-state index in [1.165, 1.54) is 6.07 Å². The summed E-state index contributed by atoms with van der Waals surface area (Å²) in [5, 5.41) is 7.50. The smallest absolute Gasteiger partial charge is 0.223 e. The quantitative estimate of drug-likeness (QED) is 0.240. The second-order valence-corrected chi connectivity index (χ2v) is 11.9. The van der Waals surface area contributed by atoms with E-state index in [9.17, 15) is 16.8 Å². The first kappa shape index (κ1) is 23.7. The standard InChI is InChI=1S/C28H22N2O4S2/c31-35(32,26-16-14-21-8-4-6-12-24(21)18-26)20-28(23-10-2-1-3-11-23)29-30-36(33,34)27-17-15-22-9-5-7-13-25(22)19-27/h1-19,30H,20H2. The molecule has 5 aromatic rings. The number of nitrogens with one attached hydrogen (secondary N) is 1. The van der Waals surface area contributed by atoms with Crippen molar-refractivity contribution in [1.82, 2.24) is 4.83 Å². The molecule has 0 saturated carbocycles. The van der Waals surface area contributed by atoms with Crippen LogP contribution in [0.5, 0.6) is 0 Å². The minimum absolute atomic E-state index is 0.0368. The molecule has 0 fully saturated rings. The summed E-state index contributed by atoms with van der Waals surface area (Å²) < 4.78 is 52.7. The number of nitrogens with zero attached hydrogens (tertiary/aromatic N) is 1. The molecule has 0 bridgehead atoms. The first-order chi connectivity index (χ1) is 17.3. The van der Waals surface area contributed by atoms with Crippen LogP contribution in [0.3, 0.4) is 0 Å². The van der Waals surface area contributed by atoms with Crippen LogP contribution in [0.1, 0.15) is 5.56 Å². The predicted molar refractivity (Wildman–Crippen MR) is 143 cm³/mol. The Bertz CT molecular complexity index is 1820. The SMILES string of the molecule is O=S(=O)(CC(=NNS(=O)(=O)c1ccc2ccccc2c1)c1ccccc1)c1ccc2ccccc2c1. The van der Waals surface area contributed by atoms with Gasteiger partial charge in [-0.15, -0.1) is 0 Å². The predicted octanol–water partition coefficient (Wildman–Crippen LogP) is 5.15. The van der Waals surface area contributed by atoms with Crippen molar-refractivity contribution < 1.29 is 16.8 Å². The van der Waals surface area contributed by atoms with Crippen LogP contribution in [0.15, 0.2) is 130 Å². The Morgan fingerprint density at radius 3 is 1.69 bits per heavy atom. The summed E-state index contributed by atoms with van der Waals surface area (Å²) in [5.74, 6) is -0.477. The third-order valence-corrected chi connectivity index (χ3v) is 8.68. The number of benzene rings is 5. The summed E-state index contributed by atoms with van der Waals surface area (Å²) in [6.07, 6.45) is 0. The van der Waals surface area contributed by atoms with E-state index in [-0.39, 0.29) is 15.5 Å². The summed E-state index contributed by atoms with van der Waals surface area (Å²) in [6, 6.07) is 33.3. The zero-order valence-corrected chi connectivity index (χ0v) is 20.7. The highest BCUT2D eigenvalue weighted by Crippen LogP contribution is 2.22. The monoisotopic (exact) mass is 514 g/mol. The molecule has 1 N–H and O–H groups in total. The largest absolute Gasteiger partial charge is 0.276 e. The molecule has 6 nitrogen and oxygen atoms in total. The first-order valence-corrected chi connectivity index (χ1v) is 14.3. The second kappa shape index (κ2) is 9.56. The fraction of sp³-hybridized carbons (Fsp3) is 0.0357. The van der Waals surface area contributed by atoms with E-state index in [4.69, 9.17) is 0 Å². The molecule has 180 valence electrons. The van der Waals surface area contributed by atoms with E-state index < -0.39 is 25.6 Å². The normalized spacial score (nSPS) is 12.6. The van der Waals surface area contributed by atoms with Gasteiger partial charge in [-0.25, -0.2) is 8.42 Å². The zero-order valence-electron chi connectivity index (χ0n) is 19.1. The summed E-state index contributed by atoms with van der Waals surface area (Å²) in [4.78, 5) is 2.42. The fourth-order valence-corrected chi connectivity index (χ4v) is 6.14. The molecule has 8 heteroatoms. The minimum Gasteiger partial charge on any atom is -0.223 e. The molecule has 0 aliphatic heterocycles. The van der Waals surface area contributed by atoms with Gasteiger partial charge in [0.15, 0.2) is 9.84 Å². The van der Waals surface area contributed by atoms with Crippen LogP contribution in [-0.4, -0.2) is 28.3 Å². The topological polar surface area (TPSA) is 92.7 Å². The number of hydrogen-bond donors (Lipinski definition) is 1. The Hall–Kier alpha value is -4.01. The van der Waals surface area contributed by atoms with Crippen molar-refractivity contribution in [3.63, 3.8) is 0 Å². The van der Waals surface area contributed by atoms with E-state index in [0.717, 1.165) is 21.5 Å². The van der Waals surface area contributed by atoms with E-state index in [1.807, 2.05) is 48.5 Å². The zero-order chi connectivity index (χ0) is 25.2. The maximum atomic E-state index is 13.3. The maximum absolute atomic E-state index is 13.3. The van der Waals surface area contributed by atoms with Gasteiger partial charge in [0, 0.05) is 0 Å². The molecule has 0 spiro atoms. The summed E-state index contributed by atoms with van der Waals surface area (Å²) >= 11 is 0. The number of fused-ring (bicyclic) bond motifs is 2. The molecule has 36 heavy (non-hydrogen) atoms. The number of hydrazone groups is 1. The molecule has 0 atom stereocenters. The Morgan fingerprint density at radius 1 is 0.583 bits per heavy atom. The van der Waals surface area contributed by atoms with Crippen LogP contribution in [0, 0.1) is 0 Å². The first-order valence-electron chi connectivity index (χ1n) is 11.2. The average Bonchev–Trinajstić information content (AvgIpc) is 2.91. The highest BCUT2D eigenvalue weighted by Gasteiger charge is 2.21. The van der Waals surface area contributed by atoms with Gasteiger partial charge in [0.1, 0.15) is 0 Å². The summed E-state index contributed by atoms with van der Waals surface area (Å²) in [6.45, 7) is 0. The number of hydrogen-bond acceptors (Lipinski definition) is 5. The second-order valence-electron chi connectivity index (χ2n) is 8.30. The van der Waals surface area contributed by atoms with Gasteiger partial charge in [-0.2, -0.15) is 18.4 Å². The average molecular weight is 515 g/mol. The molecule has 0 aliphatic rings. The molecule has 0 heterocycles. The summed E-state index contributed by atoms with van der Waals surface area (Å²) in [7, 11) is -7.86. The van der Waals surface area contributed by atoms with Gasteiger partial charge in [-0.3, -0.25) is 0 Å². The van der Waals surface area contributed by atoms with Crippen LogP contribution >= 0.6 is 0 Å². The Morgan fingerprint density at radius 2 is 1.08 bits per heavy atom. The van der Waals surface area contributed by atoms with Gasteiger partial charge < -0.3 is 0 Å². The van der Waals surface area contributed by atoms with E-state index in [2.05, 4.69) is 9.93 Å². The molecule has 0 amide bonds. The third kappa shape index (κ3) is 5.00. The summed E-state index contributed by atoms with van der Waals surface area (Å²) in [5.41, 5.74) is 0.594. The lowest BCUT2D eigenvalue weighted by Gasteiger charge is -2.11. The molecule has 0 radical (unpaired) electrons. The van der Waals surface area contributed by atoms with Crippen molar-refractivity contribution in [1.29, 1.82) is 0 Å². The van der Waals surface area contributed by atoms with E-state index in [1.54, 1.807) is 60.7 Å². The molecule has 5 aromatic carbocycles. The highest BCUT2D eigenvalue weighted by molar-refractivity contribution is 7.92. The molecule has 0 aliphatic carbocycles. The number of sulfonamides is 1. The Kier molecular flexibility index (Phi) is 6.30. The molecular weight excluding hydrogens is 492 g/mol. The van der Waals surface area contributed by atoms with Crippen molar-refractivity contribution in [2.45, 2.75) is 9.79 Å². The third-order valence-electron chi connectivity index (χ3n) is 5.85. The van der Waals surface area contributed by atoms with Crippen LogP contribution in [0.25, 0.3) is 21.5 Å². The van der Waals surface area contributed by atoms with Gasteiger partial charge >= 0.3 is 0 Å². The highest BCUT2D eigenvalue weighted by atomic mass is 32.2. The fourth-order valence-electron chi connectivity index (χ4n) is 3.94. The van der Waals surface area contributed by atoms with Gasteiger partial charge in [-0.05, 0) is 51.4 Å². The van der Waals surface area contributed by atoms with Crippen molar-refractivity contribution in [3.8, 4) is 0 Å². The lowest BCUT2D eigenvalue weighted by molar-refractivity contribution is 0.584. The molecule has 5 rings (SSSR count). The van der Waals surface area contributed by atoms with Crippen molar-refractivity contribution >= 4 is 47.1 Å². The molecule has 0 saturated heterocycles. The molecule has 0 aromatic heterocycles. The van der Waals surface area contributed by atoms with Crippen molar-refractivity contribution in [2.75, 3.05) is 5.75 Å². The van der Waals surface area contributed by atoms with Crippen LogP contribution < -0.4 is 4.83 Å². The van der Waals surface area contributed by atoms with Crippen molar-refractivity contribution in [2.24, 2.45) is 5.10 Å². The molecular formula is C28H22N2O4S2. The maximum Gasteiger partial charge on any atom is 0.276 e. The van der Waals surface area contributed by atoms with Gasteiger partial charge in [0.25, 0.3) is 10.0 Å². The van der Waals surface area contributed by atoms with Crippen molar-refractivity contribution in [3.05, 3.63) is 121 Å². The van der Waals surface area contributed by atoms with E-state index in [0.29, 0.717) is 5.56 Å². The minimum atomic E-state index is -4.04. The van der Waals surface area contributed by atoms with Gasteiger partial charge in [-0.1, -0.05) is 91.0 Å². The van der Waals surface area contributed by atoms with Crippen LogP contribution in [0.2, 0.25) is 0 Å².